The van der Waals surface area contributed by atoms with Crippen LogP contribution in [0.25, 0.3) is 0 Å². The quantitative estimate of drug-likeness (QED) is 0.548. The number of aromatic nitrogens is 1. The van der Waals surface area contributed by atoms with Crippen molar-refractivity contribution in [3.8, 4) is 0 Å². The molecule has 48 valence electrons. The van der Waals surface area contributed by atoms with E-state index in [0.717, 1.165) is 0 Å². The summed E-state index contributed by atoms with van der Waals surface area (Å²) in [5, 5.41) is 0. The molecule has 0 unspecified atom stereocenters. The van der Waals surface area contributed by atoms with Crippen molar-refractivity contribution >= 4 is 28.4 Å². The summed E-state index contributed by atoms with van der Waals surface area (Å²) in [7, 11) is 0. The average molecular weight is 238 g/mol. The van der Waals surface area contributed by atoms with E-state index < -0.39 is 0 Å². The molecule has 0 atom stereocenters. The first-order valence-corrected chi connectivity index (χ1v) is 3.35. The minimum Gasteiger partial charge on any atom is -0.384 e. The molecular formula is C5H4FIN2. The van der Waals surface area contributed by atoms with Gasteiger partial charge in [-0.25, -0.2) is 9.37 Å². The molecule has 0 bridgehead atoms. The van der Waals surface area contributed by atoms with Gasteiger partial charge in [-0.05, 0) is 22.6 Å². The average Bonchev–Trinajstić information content (AvgIpc) is 1.59. The summed E-state index contributed by atoms with van der Waals surface area (Å²) in [6.45, 7) is 0. The van der Waals surface area contributed by atoms with E-state index in [4.69, 9.17) is 5.73 Å². The van der Waals surface area contributed by atoms with E-state index in [0.29, 0.717) is 3.70 Å². The Kier molecular flexibility index (Phi) is 1.84. The fourth-order valence-corrected chi connectivity index (χ4v) is 1.06. The Bertz CT molecular complexity index is 176. The lowest BCUT2D eigenvalue weighted by Gasteiger charge is -1.92. The first-order valence-electron chi connectivity index (χ1n) is 2.27. The van der Waals surface area contributed by atoms with Crippen LogP contribution in [0.3, 0.4) is 0 Å². The second-order valence-corrected chi connectivity index (χ2v) is 2.64. The number of hydrogen-bond donors (Lipinski definition) is 1. The molecule has 0 fully saturated rings. The smallest absolute Gasteiger partial charge is 0.129 e. The second-order valence-electron chi connectivity index (χ2n) is 1.53. The lowest BCUT2D eigenvalue weighted by Crippen LogP contribution is -1.92. The minimum absolute atomic E-state index is 0.222. The third kappa shape index (κ3) is 1.78. The molecule has 1 rings (SSSR count). The molecule has 0 spiro atoms. The van der Waals surface area contributed by atoms with Gasteiger partial charge >= 0.3 is 0 Å². The maximum Gasteiger partial charge on any atom is 0.129 e. The fraction of sp³-hybridized carbons (Fsp3) is 0. The monoisotopic (exact) mass is 238 g/mol. The molecule has 0 aromatic carbocycles. The van der Waals surface area contributed by atoms with Crippen molar-refractivity contribution in [1.29, 1.82) is 0 Å². The van der Waals surface area contributed by atoms with E-state index >= 15 is 0 Å². The van der Waals surface area contributed by atoms with Crippen LogP contribution in [0, 0.1) is 9.52 Å². The fourth-order valence-electron chi connectivity index (χ4n) is 0.485. The molecular weight excluding hydrogens is 234 g/mol. The van der Waals surface area contributed by atoms with Crippen LogP contribution in [0.1, 0.15) is 0 Å². The van der Waals surface area contributed by atoms with Crippen molar-refractivity contribution in [2.45, 2.75) is 0 Å². The Morgan fingerprint density at radius 2 is 2.22 bits per heavy atom. The molecule has 0 aliphatic rings. The second kappa shape index (κ2) is 2.47. The van der Waals surface area contributed by atoms with Gasteiger partial charge < -0.3 is 5.73 Å². The maximum absolute atomic E-state index is 12.3. The van der Waals surface area contributed by atoms with Gasteiger partial charge in [0, 0.05) is 12.1 Å². The molecule has 1 aromatic heterocycles. The number of nitrogen functional groups attached to an aromatic ring is 1. The van der Waals surface area contributed by atoms with E-state index in [1.54, 1.807) is 0 Å². The van der Waals surface area contributed by atoms with Crippen LogP contribution in [0.5, 0.6) is 0 Å². The van der Waals surface area contributed by atoms with Crippen molar-refractivity contribution in [3.63, 3.8) is 0 Å². The zero-order valence-corrected chi connectivity index (χ0v) is 6.59. The maximum atomic E-state index is 12.3. The topological polar surface area (TPSA) is 38.9 Å². The molecule has 0 saturated heterocycles. The van der Waals surface area contributed by atoms with E-state index in [9.17, 15) is 4.39 Å². The summed E-state index contributed by atoms with van der Waals surface area (Å²) >= 11 is 1.90. The summed E-state index contributed by atoms with van der Waals surface area (Å²) in [4.78, 5) is 3.76. The number of hydrogen-bond acceptors (Lipinski definition) is 2. The first kappa shape index (κ1) is 6.73. The standard InChI is InChI=1S/C5H4FIN2/c6-3-1-4(7)9-5(8)2-3/h1-2H,(H2,8,9). The predicted octanol–water partition coefficient (Wildman–Crippen LogP) is 1.41. The Morgan fingerprint density at radius 3 is 2.67 bits per heavy atom. The third-order valence-corrected chi connectivity index (χ3v) is 1.33. The predicted molar refractivity (Wildman–Crippen MR) is 41.3 cm³/mol. The largest absolute Gasteiger partial charge is 0.384 e. The number of halogens is 2. The molecule has 2 N–H and O–H groups in total. The normalized spacial score (nSPS) is 9.56. The van der Waals surface area contributed by atoms with Gasteiger partial charge in [-0.3, -0.25) is 0 Å². The lowest BCUT2D eigenvalue weighted by atomic mass is 10.4. The van der Waals surface area contributed by atoms with Crippen LogP contribution >= 0.6 is 22.6 Å². The Hall–Kier alpha value is -0.390. The van der Waals surface area contributed by atoms with Gasteiger partial charge in [-0.1, -0.05) is 0 Å². The molecule has 4 heteroatoms. The molecule has 0 radical (unpaired) electrons. The van der Waals surface area contributed by atoms with Gasteiger partial charge in [0.1, 0.15) is 15.3 Å². The van der Waals surface area contributed by atoms with Crippen LogP contribution in [0.15, 0.2) is 12.1 Å². The molecule has 2 nitrogen and oxygen atoms in total. The van der Waals surface area contributed by atoms with E-state index in [2.05, 4.69) is 4.98 Å². The van der Waals surface area contributed by atoms with Crippen LogP contribution in [0.2, 0.25) is 0 Å². The van der Waals surface area contributed by atoms with E-state index in [1.165, 1.54) is 12.1 Å². The lowest BCUT2D eigenvalue weighted by molar-refractivity contribution is 0.625. The highest BCUT2D eigenvalue weighted by Gasteiger charge is 1.94. The highest BCUT2D eigenvalue weighted by molar-refractivity contribution is 14.1. The summed E-state index contributed by atoms with van der Waals surface area (Å²) in [6.07, 6.45) is 0. The summed E-state index contributed by atoms with van der Waals surface area (Å²) in [6, 6.07) is 2.50. The number of rotatable bonds is 0. The van der Waals surface area contributed by atoms with Gasteiger partial charge in [0.25, 0.3) is 0 Å². The summed E-state index contributed by atoms with van der Waals surface area (Å²) in [5.41, 5.74) is 5.20. The van der Waals surface area contributed by atoms with Crippen LogP contribution in [-0.4, -0.2) is 4.98 Å². The molecule has 9 heavy (non-hydrogen) atoms. The Morgan fingerprint density at radius 1 is 1.56 bits per heavy atom. The van der Waals surface area contributed by atoms with Gasteiger partial charge in [0.15, 0.2) is 0 Å². The number of pyridine rings is 1. The zero-order valence-electron chi connectivity index (χ0n) is 4.44. The Balaban J connectivity index is 3.17. The molecule has 1 aromatic rings. The number of nitrogens with two attached hydrogens (primary N) is 1. The SMILES string of the molecule is Nc1cc(F)cc(I)n1. The highest BCUT2D eigenvalue weighted by atomic mass is 127. The molecule has 0 aliphatic carbocycles. The van der Waals surface area contributed by atoms with Crippen LogP contribution in [-0.2, 0) is 0 Å². The van der Waals surface area contributed by atoms with Crippen molar-refractivity contribution < 1.29 is 4.39 Å². The van der Waals surface area contributed by atoms with Crippen LogP contribution in [0.4, 0.5) is 10.2 Å². The van der Waals surface area contributed by atoms with Gasteiger partial charge in [-0.2, -0.15) is 0 Å². The molecule has 1 heterocycles. The first-order chi connectivity index (χ1) is 4.18. The van der Waals surface area contributed by atoms with E-state index in [-0.39, 0.29) is 11.6 Å². The molecule has 0 amide bonds. The van der Waals surface area contributed by atoms with Crippen molar-refractivity contribution in [1.82, 2.24) is 4.98 Å². The van der Waals surface area contributed by atoms with Crippen molar-refractivity contribution in [2.75, 3.05) is 5.73 Å². The zero-order chi connectivity index (χ0) is 6.85. The van der Waals surface area contributed by atoms with Gasteiger partial charge in [-0.15, -0.1) is 0 Å². The van der Waals surface area contributed by atoms with Gasteiger partial charge in [0.2, 0.25) is 0 Å². The van der Waals surface area contributed by atoms with Crippen molar-refractivity contribution in [2.24, 2.45) is 0 Å². The van der Waals surface area contributed by atoms with Gasteiger partial charge in [0.05, 0.1) is 0 Å². The van der Waals surface area contributed by atoms with E-state index in [1.807, 2.05) is 22.6 Å². The van der Waals surface area contributed by atoms with Crippen molar-refractivity contribution in [3.05, 3.63) is 21.7 Å². The summed E-state index contributed by atoms with van der Waals surface area (Å²) in [5.74, 6) is -0.119. The number of anilines is 1. The number of nitrogens with zero attached hydrogens (tertiary/aromatic N) is 1. The molecule has 0 aliphatic heterocycles. The minimum atomic E-state index is -0.341. The van der Waals surface area contributed by atoms with Crippen LogP contribution < -0.4 is 5.73 Å². The Labute approximate surface area is 65.4 Å². The highest BCUT2D eigenvalue weighted by Crippen LogP contribution is 2.06. The third-order valence-electron chi connectivity index (χ3n) is 0.779. The molecule has 0 saturated carbocycles. The summed E-state index contributed by atoms with van der Waals surface area (Å²) < 4.78 is 12.9.